The molecule has 0 saturated heterocycles. The van der Waals surface area contributed by atoms with Gasteiger partial charge < -0.3 is 9.88 Å². The molecule has 5 heteroatoms. The van der Waals surface area contributed by atoms with E-state index in [1.54, 1.807) is 6.33 Å². The molecule has 1 unspecified atom stereocenters. The molecule has 80 valence electrons. The Bertz CT molecular complexity index is 458. The summed E-state index contributed by atoms with van der Waals surface area (Å²) in [5.74, 6) is 5.43. The van der Waals surface area contributed by atoms with Crippen LogP contribution in [-0.4, -0.2) is 16.6 Å². The third-order valence-corrected chi connectivity index (χ3v) is 2.54. The van der Waals surface area contributed by atoms with Crippen molar-refractivity contribution in [2.45, 2.75) is 6.17 Å². The van der Waals surface area contributed by atoms with Crippen LogP contribution in [0.2, 0.25) is 0 Å². The average molecular weight is 205 g/mol. The summed E-state index contributed by atoms with van der Waals surface area (Å²) in [6, 6.07) is 6.10. The number of hydrogen-bond acceptors (Lipinski definition) is 4. The van der Waals surface area contributed by atoms with Gasteiger partial charge in [0.2, 0.25) is 0 Å². The van der Waals surface area contributed by atoms with Crippen LogP contribution in [0.15, 0.2) is 24.5 Å². The Hall–Kier alpha value is -1.43. The van der Waals surface area contributed by atoms with Crippen molar-refractivity contribution >= 4 is 11.0 Å². The fraction of sp³-hybridized carbons (Fsp3) is 0.300. The molecule has 5 nitrogen and oxygen atoms in total. The first kappa shape index (κ1) is 10.1. The predicted octanol–water partition coefficient (Wildman–Crippen LogP) is 0.255. The second-order valence-corrected chi connectivity index (χ2v) is 3.49. The maximum atomic E-state index is 5.43. The van der Waals surface area contributed by atoms with Crippen LogP contribution in [0.25, 0.3) is 11.0 Å². The highest BCUT2D eigenvalue weighted by molar-refractivity contribution is 5.76. The van der Waals surface area contributed by atoms with Crippen LogP contribution in [0.5, 0.6) is 0 Å². The zero-order valence-corrected chi connectivity index (χ0v) is 8.86. The lowest BCUT2D eigenvalue weighted by Crippen LogP contribution is -2.36. The summed E-state index contributed by atoms with van der Waals surface area (Å²) >= 11 is 0. The Morgan fingerprint density at radius 2 is 2.27 bits per heavy atom. The van der Waals surface area contributed by atoms with E-state index in [1.165, 1.54) is 0 Å². The summed E-state index contributed by atoms with van der Waals surface area (Å²) < 4.78 is 1.99. The minimum absolute atomic E-state index is 0.0450. The highest BCUT2D eigenvalue weighted by atomic mass is 15.3. The molecule has 1 heterocycles. The van der Waals surface area contributed by atoms with Crippen LogP contribution < -0.4 is 16.6 Å². The Labute approximate surface area is 88.3 Å². The highest BCUT2D eigenvalue weighted by Crippen LogP contribution is 2.17. The first-order valence-electron chi connectivity index (χ1n) is 4.80. The van der Waals surface area contributed by atoms with Gasteiger partial charge in [-0.1, -0.05) is 6.07 Å². The zero-order chi connectivity index (χ0) is 10.8. The lowest BCUT2D eigenvalue weighted by atomic mass is 10.1. The van der Waals surface area contributed by atoms with Gasteiger partial charge in [-0.3, -0.25) is 5.84 Å². The van der Waals surface area contributed by atoms with Crippen molar-refractivity contribution in [1.29, 1.82) is 0 Å². The Balaban J connectivity index is 2.46. The molecule has 4 N–H and O–H groups in total. The molecular formula is C10H15N5. The van der Waals surface area contributed by atoms with Gasteiger partial charge in [-0.15, -0.1) is 0 Å². The van der Waals surface area contributed by atoms with E-state index in [1.807, 2.05) is 36.9 Å². The van der Waals surface area contributed by atoms with E-state index in [0.717, 1.165) is 16.6 Å². The molecule has 2 rings (SSSR count). The molecule has 0 aliphatic rings. The van der Waals surface area contributed by atoms with E-state index in [2.05, 4.69) is 15.7 Å². The number of aromatic nitrogens is 2. The number of fused-ring (bicyclic) bond motifs is 1. The molecule has 0 aliphatic carbocycles. The predicted molar refractivity (Wildman–Crippen MR) is 59.8 cm³/mol. The van der Waals surface area contributed by atoms with Gasteiger partial charge in [0, 0.05) is 7.05 Å². The number of nitrogens with one attached hydrogen (secondary N) is 2. The lowest BCUT2D eigenvalue weighted by molar-refractivity contribution is 0.489. The summed E-state index contributed by atoms with van der Waals surface area (Å²) in [6.07, 6.45) is 1.76. The summed E-state index contributed by atoms with van der Waals surface area (Å²) in [5, 5.41) is 3.07. The van der Waals surface area contributed by atoms with E-state index < -0.39 is 0 Å². The highest BCUT2D eigenvalue weighted by Gasteiger charge is 2.08. The van der Waals surface area contributed by atoms with Gasteiger partial charge in [0.05, 0.1) is 23.5 Å². The van der Waals surface area contributed by atoms with Crippen LogP contribution >= 0.6 is 0 Å². The van der Waals surface area contributed by atoms with Gasteiger partial charge in [-0.05, 0) is 24.7 Å². The SMILES string of the molecule is CNC(NN)c1ccc2c(c1)ncn2C. The van der Waals surface area contributed by atoms with Crippen LogP contribution in [0.1, 0.15) is 11.7 Å². The van der Waals surface area contributed by atoms with E-state index in [-0.39, 0.29) is 6.17 Å². The average Bonchev–Trinajstić information content (AvgIpc) is 2.62. The van der Waals surface area contributed by atoms with Crippen LogP contribution in [0, 0.1) is 0 Å². The van der Waals surface area contributed by atoms with Crippen LogP contribution in [-0.2, 0) is 7.05 Å². The maximum Gasteiger partial charge on any atom is 0.0959 e. The Kier molecular flexibility index (Phi) is 2.68. The first-order chi connectivity index (χ1) is 7.26. The number of benzene rings is 1. The smallest absolute Gasteiger partial charge is 0.0959 e. The molecular weight excluding hydrogens is 190 g/mol. The third-order valence-electron chi connectivity index (χ3n) is 2.54. The molecule has 1 aromatic carbocycles. The number of imidazole rings is 1. The molecule has 2 aromatic rings. The summed E-state index contributed by atoms with van der Waals surface area (Å²) in [7, 11) is 3.83. The molecule has 0 spiro atoms. The van der Waals surface area contributed by atoms with E-state index in [9.17, 15) is 0 Å². The second-order valence-electron chi connectivity index (χ2n) is 3.49. The second kappa shape index (κ2) is 3.98. The zero-order valence-electron chi connectivity index (χ0n) is 8.86. The molecule has 0 saturated carbocycles. The van der Waals surface area contributed by atoms with Gasteiger partial charge in [0.25, 0.3) is 0 Å². The number of nitrogens with two attached hydrogens (primary N) is 1. The summed E-state index contributed by atoms with van der Waals surface area (Å²) in [6.45, 7) is 0. The first-order valence-corrected chi connectivity index (χ1v) is 4.80. The number of nitrogens with zero attached hydrogens (tertiary/aromatic N) is 2. The number of hydrogen-bond donors (Lipinski definition) is 3. The topological polar surface area (TPSA) is 67.9 Å². The third kappa shape index (κ3) is 1.72. The minimum Gasteiger partial charge on any atom is -0.334 e. The molecule has 1 atom stereocenters. The fourth-order valence-corrected chi connectivity index (χ4v) is 1.68. The normalized spacial score (nSPS) is 13.3. The molecule has 0 amide bonds. The van der Waals surface area contributed by atoms with Crippen molar-refractivity contribution in [1.82, 2.24) is 20.3 Å². The molecule has 0 radical (unpaired) electrons. The summed E-state index contributed by atoms with van der Waals surface area (Å²) in [5.41, 5.74) is 5.86. The van der Waals surface area contributed by atoms with Gasteiger partial charge >= 0.3 is 0 Å². The fourth-order valence-electron chi connectivity index (χ4n) is 1.68. The van der Waals surface area contributed by atoms with Gasteiger partial charge in [0.15, 0.2) is 0 Å². The molecule has 0 fully saturated rings. The van der Waals surface area contributed by atoms with Crippen molar-refractivity contribution in [2.75, 3.05) is 7.05 Å². The van der Waals surface area contributed by atoms with E-state index in [0.29, 0.717) is 0 Å². The van der Waals surface area contributed by atoms with E-state index in [4.69, 9.17) is 5.84 Å². The minimum atomic E-state index is -0.0450. The Morgan fingerprint density at radius 3 is 2.93 bits per heavy atom. The van der Waals surface area contributed by atoms with Crippen molar-refractivity contribution in [3.8, 4) is 0 Å². The van der Waals surface area contributed by atoms with Gasteiger partial charge in [-0.25, -0.2) is 10.4 Å². The maximum absolute atomic E-state index is 5.43. The van der Waals surface area contributed by atoms with Crippen LogP contribution in [0.4, 0.5) is 0 Å². The van der Waals surface area contributed by atoms with Crippen molar-refractivity contribution < 1.29 is 0 Å². The van der Waals surface area contributed by atoms with Gasteiger partial charge in [-0.2, -0.15) is 0 Å². The van der Waals surface area contributed by atoms with E-state index >= 15 is 0 Å². The monoisotopic (exact) mass is 205 g/mol. The van der Waals surface area contributed by atoms with Crippen molar-refractivity contribution in [3.05, 3.63) is 30.1 Å². The molecule has 1 aromatic heterocycles. The quantitative estimate of drug-likeness (QED) is 0.382. The molecule has 0 bridgehead atoms. The van der Waals surface area contributed by atoms with Gasteiger partial charge in [0.1, 0.15) is 0 Å². The molecule has 15 heavy (non-hydrogen) atoms. The lowest BCUT2D eigenvalue weighted by Gasteiger charge is -2.14. The standard InChI is InChI=1S/C10H15N5/c1-12-10(14-11)7-3-4-9-8(5-7)13-6-15(9)2/h3-6,10,12,14H,11H2,1-2H3. The largest absolute Gasteiger partial charge is 0.334 e. The van der Waals surface area contributed by atoms with Crippen molar-refractivity contribution in [3.63, 3.8) is 0 Å². The number of aryl methyl sites for hydroxylation is 1. The summed E-state index contributed by atoms with van der Waals surface area (Å²) in [4.78, 5) is 4.30. The number of hydrazine groups is 1. The van der Waals surface area contributed by atoms with Crippen LogP contribution in [0.3, 0.4) is 0 Å². The van der Waals surface area contributed by atoms with Crippen molar-refractivity contribution in [2.24, 2.45) is 12.9 Å². The number of rotatable bonds is 3. The molecule has 0 aliphatic heterocycles. The Morgan fingerprint density at radius 1 is 1.47 bits per heavy atom.